The van der Waals surface area contributed by atoms with Crippen molar-refractivity contribution in [1.82, 2.24) is 15.0 Å². The van der Waals surface area contributed by atoms with Crippen LogP contribution in [0.1, 0.15) is 49.4 Å². The fourth-order valence-corrected chi connectivity index (χ4v) is 2.99. The molecule has 0 saturated carbocycles. The zero-order valence-corrected chi connectivity index (χ0v) is 13.5. The zero-order valence-electron chi connectivity index (χ0n) is 12.7. The first kappa shape index (κ1) is 15.9. The molecule has 0 aliphatic rings. The first-order valence-corrected chi connectivity index (χ1v) is 7.96. The van der Waals surface area contributed by atoms with Crippen LogP contribution in [0.2, 0.25) is 0 Å². The average molecular weight is 306 g/mol. The van der Waals surface area contributed by atoms with Crippen molar-refractivity contribution < 1.29 is 4.74 Å². The molecule has 2 aromatic rings. The first-order chi connectivity index (χ1) is 10.2. The van der Waals surface area contributed by atoms with E-state index >= 15 is 0 Å². The molecule has 1 heterocycles. The number of benzene rings is 1. The summed E-state index contributed by atoms with van der Waals surface area (Å²) >= 11 is 1.39. The molecule has 1 aromatic carbocycles. The molecule has 21 heavy (non-hydrogen) atoms. The maximum atomic E-state index is 5.77. The normalized spacial score (nSPS) is 12.6. The van der Waals surface area contributed by atoms with Crippen molar-refractivity contribution in [3.63, 3.8) is 0 Å². The van der Waals surface area contributed by atoms with Gasteiger partial charge in [0.1, 0.15) is 5.75 Å². The number of hydrogen-bond donors (Lipinski definition) is 2. The molecule has 0 bridgehead atoms. The Bertz CT molecular complexity index is 570. The van der Waals surface area contributed by atoms with Gasteiger partial charge in [-0.1, -0.05) is 30.0 Å². The fraction of sp³-hybridized carbons (Fsp3) is 0.467. The molecule has 0 radical (unpaired) electrons. The number of aromatic nitrogens is 2. The van der Waals surface area contributed by atoms with Crippen LogP contribution < -0.4 is 16.0 Å². The molecule has 1 aromatic heterocycles. The van der Waals surface area contributed by atoms with E-state index in [9.17, 15) is 0 Å². The van der Waals surface area contributed by atoms with E-state index in [-0.39, 0.29) is 12.1 Å². The SMILES string of the molecule is CCCc1nnsc1C(NN)c1cccc(OC(C)C)c1. The summed E-state index contributed by atoms with van der Waals surface area (Å²) in [5.74, 6) is 6.62. The predicted octanol–water partition coefficient (Wildman–Crippen LogP) is 2.83. The van der Waals surface area contributed by atoms with Crippen LogP contribution >= 0.6 is 11.5 Å². The highest BCUT2D eigenvalue weighted by molar-refractivity contribution is 7.05. The lowest BCUT2D eigenvalue weighted by molar-refractivity contribution is 0.242. The second-order valence-corrected chi connectivity index (χ2v) is 5.96. The third-order valence-electron chi connectivity index (χ3n) is 3.06. The Morgan fingerprint density at radius 3 is 2.86 bits per heavy atom. The average Bonchev–Trinajstić information content (AvgIpc) is 2.88. The minimum atomic E-state index is -0.109. The van der Waals surface area contributed by atoms with Gasteiger partial charge in [0.25, 0.3) is 0 Å². The van der Waals surface area contributed by atoms with Crippen molar-refractivity contribution in [3.8, 4) is 5.75 Å². The molecular weight excluding hydrogens is 284 g/mol. The Balaban J connectivity index is 2.30. The Morgan fingerprint density at radius 1 is 1.38 bits per heavy atom. The van der Waals surface area contributed by atoms with E-state index in [2.05, 4.69) is 21.9 Å². The van der Waals surface area contributed by atoms with Crippen molar-refractivity contribution in [2.24, 2.45) is 5.84 Å². The predicted molar refractivity (Wildman–Crippen MR) is 85.3 cm³/mol. The van der Waals surface area contributed by atoms with Gasteiger partial charge in [-0.25, -0.2) is 5.43 Å². The summed E-state index contributed by atoms with van der Waals surface area (Å²) in [4.78, 5) is 1.07. The van der Waals surface area contributed by atoms with Gasteiger partial charge in [-0.15, -0.1) is 5.10 Å². The van der Waals surface area contributed by atoms with Gasteiger partial charge in [-0.05, 0) is 49.5 Å². The molecule has 0 spiro atoms. The summed E-state index contributed by atoms with van der Waals surface area (Å²) in [6.07, 6.45) is 2.09. The summed E-state index contributed by atoms with van der Waals surface area (Å²) in [6.45, 7) is 6.15. The van der Waals surface area contributed by atoms with Gasteiger partial charge < -0.3 is 4.74 Å². The molecule has 3 N–H and O–H groups in total. The smallest absolute Gasteiger partial charge is 0.120 e. The van der Waals surface area contributed by atoms with E-state index in [1.165, 1.54) is 11.5 Å². The number of nitrogens with one attached hydrogen (secondary N) is 1. The van der Waals surface area contributed by atoms with Crippen molar-refractivity contribution in [2.45, 2.75) is 45.8 Å². The van der Waals surface area contributed by atoms with Gasteiger partial charge in [0.05, 0.1) is 22.7 Å². The van der Waals surface area contributed by atoms with Gasteiger partial charge in [0.2, 0.25) is 0 Å². The highest BCUT2D eigenvalue weighted by atomic mass is 32.1. The summed E-state index contributed by atoms with van der Waals surface area (Å²) in [5, 5.41) is 4.21. The summed E-state index contributed by atoms with van der Waals surface area (Å²) in [7, 11) is 0. The maximum absolute atomic E-state index is 5.77. The number of aryl methyl sites for hydroxylation is 1. The van der Waals surface area contributed by atoms with E-state index in [1.807, 2.05) is 38.1 Å². The molecule has 6 heteroatoms. The number of hydrogen-bond acceptors (Lipinski definition) is 6. The summed E-state index contributed by atoms with van der Waals surface area (Å²) in [6, 6.07) is 7.87. The molecule has 0 aliphatic heterocycles. The molecule has 1 unspecified atom stereocenters. The Morgan fingerprint density at radius 2 is 2.19 bits per heavy atom. The van der Waals surface area contributed by atoms with Gasteiger partial charge in [0, 0.05) is 0 Å². The number of nitrogens with zero attached hydrogens (tertiary/aromatic N) is 2. The van der Waals surface area contributed by atoms with E-state index in [1.54, 1.807) is 0 Å². The van der Waals surface area contributed by atoms with Gasteiger partial charge in [0.15, 0.2) is 0 Å². The number of ether oxygens (including phenoxy) is 1. The van der Waals surface area contributed by atoms with Crippen LogP contribution in [0.25, 0.3) is 0 Å². The molecule has 2 rings (SSSR count). The highest BCUT2D eigenvalue weighted by Crippen LogP contribution is 2.29. The van der Waals surface area contributed by atoms with Gasteiger partial charge in [-0.2, -0.15) is 0 Å². The van der Waals surface area contributed by atoms with Crippen LogP contribution in [0.5, 0.6) is 5.75 Å². The van der Waals surface area contributed by atoms with E-state index in [4.69, 9.17) is 10.6 Å². The van der Waals surface area contributed by atoms with Gasteiger partial charge in [-0.3, -0.25) is 5.84 Å². The topological polar surface area (TPSA) is 73.1 Å². The zero-order chi connectivity index (χ0) is 15.2. The van der Waals surface area contributed by atoms with Crippen LogP contribution in [0.15, 0.2) is 24.3 Å². The largest absolute Gasteiger partial charge is 0.491 e. The third kappa shape index (κ3) is 4.00. The maximum Gasteiger partial charge on any atom is 0.120 e. The minimum Gasteiger partial charge on any atom is -0.491 e. The standard InChI is InChI=1S/C15H22N4OS/c1-4-6-13-15(21-19-18-13)14(17-16)11-7-5-8-12(9-11)20-10(2)3/h5,7-10,14,17H,4,6,16H2,1-3H3. The van der Waals surface area contributed by atoms with Crippen LogP contribution in [0.4, 0.5) is 0 Å². The summed E-state index contributed by atoms with van der Waals surface area (Å²) in [5.41, 5.74) is 4.94. The minimum absolute atomic E-state index is 0.109. The van der Waals surface area contributed by atoms with E-state index in [0.29, 0.717) is 0 Å². The van der Waals surface area contributed by atoms with Crippen molar-refractivity contribution in [1.29, 1.82) is 0 Å². The lowest BCUT2D eigenvalue weighted by Gasteiger charge is -2.17. The second kappa shape index (κ2) is 7.49. The number of nitrogens with two attached hydrogens (primary N) is 1. The number of hydrazine groups is 1. The molecule has 0 amide bonds. The van der Waals surface area contributed by atoms with Crippen LogP contribution in [0, 0.1) is 0 Å². The molecule has 0 fully saturated rings. The van der Waals surface area contributed by atoms with Crippen LogP contribution in [-0.2, 0) is 6.42 Å². The Kier molecular flexibility index (Phi) is 5.67. The summed E-state index contributed by atoms with van der Waals surface area (Å²) < 4.78 is 9.82. The van der Waals surface area contributed by atoms with Crippen molar-refractivity contribution >= 4 is 11.5 Å². The Hall–Kier alpha value is -1.50. The Labute approximate surface area is 129 Å². The molecule has 5 nitrogen and oxygen atoms in total. The first-order valence-electron chi connectivity index (χ1n) is 7.19. The van der Waals surface area contributed by atoms with Gasteiger partial charge >= 0.3 is 0 Å². The monoisotopic (exact) mass is 306 g/mol. The molecule has 1 atom stereocenters. The molecule has 0 saturated heterocycles. The molecular formula is C15H22N4OS. The number of rotatable bonds is 7. The lowest BCUT2D eigenvalue weighted by Crippen LogP contribution is -2.29. The van der Waals surface area contributed by atoms with Crippen molar-refractivity contribution in [3.05, 3.63) is 40.4 Å². The molecule has 0 aliphatic carbocycles. The van der Waals surface area contributed by atoms with Crippen LogP contribution in [0.3, 0.4) is 0 Å². The quantitative estimate of drug-likeness (QED) is 0.608. The second-order valence-electron chi connectivity index (χ2n) is 5.17. The van der Waals surface area contributed by atoms with E-state index < -0.39 is 0 Å². The highest BCUT2D eigenvalue weighted by Gasteiger charge is 2.20. The van der Waals surface area contributed by atoms with Crippen molar-refractivity contribution in [2.75, 3.05) is 0 Å². The third-order valence-corrected chi connectivity index (χ3v) is 3.90. The molecule has 114 valence electrons. The lowest BCUT2D eigenvalue weighted by atomic mass is 10.0. The van der Waals surface area contributed by atoms with Crippen LogP contribution in [-0.4, -0.2) is 15.7 Å². The fourth-order valence-electron chi connectivity index (χ4n) is 2.21. The van der Waals surface area contributed by atoms with E-state index in [0.717, 1.165) is 34.7 Å².